The number of nitriles is 1. The number of aromatic nitrogens is 3. The fraction of sp³-hybridized carbons (Fsp3) is 0.121. The molecular weight excluding hydrogens is 663 g/mol. The van der Waals surface area contributed by atoms with Gasteiger partial charge in [0.05, 0.1) is 11.8 Å². The first-order chi connectivity index (χ1) is 18.4. The number of nitrogens with zero attached hydrogens (tertiary/aromatic N) is 4. The molecule has 0 amide bonds. The van der Waals surface area contributed by atoms with Crippen molar-refractivity contribution in [3.8, 4) is 34.6 Å². The van der Waals surface area contributed by atoms with Crippen molar-refractivity contribution in [3.05, 3.63) is 115 Å². The molecule has 0 saturated heterocycles. The standard InChI is InChI=1S/C33H24N4O.Pt/c1-33(2,3)24-15-17-36-32(19-24)37-29-10-5-4-8-26(29)27-14-13-25(20-30(27)37)38-31-18-22(11-12-23(31)21-34)28-9-6-7-16-35-28;/h4-17,19H,1-3H3;/q-2;+2. The van der Waals surface area contributed by atoms with Crippen molar-refractivity contribution in [1.82, 2.24) is 14.5 Å². The van der Waals surface area contributed by atoms with Gasteiger partial charge in [-0.05, 0) is 46.3 Å². The van der Waals surface area contributed by atoms with E-state index in [0.717, 1.165) is 38.9 Å². The molecule has 0 atom stereocenters. The van der Waals surface area contributed by atoms with Crippen LogP contribution in [0.2, 0.25) is 0 Å². The molecule has 0 aliphatic rings. The van der Waals surface area contributed by atoms with Crippen LogP contribution in [-0.4, -0.2) is 14.5 Å². The van der Waals surface area contributed by atoms with E-state index in [0.29, 0.717) is 17.1 Å². The summed E-state index contributed by atoms with van der Waals surface area (Å²) in [7, 11) is 0. The zero-order valence-corrected chi connectivity index (χ0v) is 23.9. The number of ether oxygens (including phenoxy) is 1. The normalized spacial score (nSPS) is 11.2. The number of hydrogen-bond acceptors (Lipinski definition) is 4. The van der Waals surface area contributed by atoms with E-state index in [1.165, 1.54) is 5.56 Å². The van der Waals surface area contributed by atoms with Gasteiger partial charge in [-0.1, -0.05) is 62.7 Å². The summed E-state index contributed by atoms with van der Waals surface area (Å²) in [5.41, 5.74) is 4.96. The zero-order valence-electron chi connectivity index (χ0n) is 21.7. The molecule has 192 valence electrons. The summed E-state index contributed by atoms with van der Waals surface area (Å²) in [5, 5.41) is 11.9. The van der Waals surface area contributed by atoms with Gasteiger partial charge in [-0.25, -0.2) is 10.2 Å². The molecule has 39 heavy (non-hydrogen) atoms. The first-order valence-electron chi connectivity index (χ1n) is 12.4. The van der Waals surface area contributed by atoms with E-state index in [-0.39, 0.29) is 26.5 Å². The molecule has 0 aliphatic carbocycles. The quantitative estimate of drug-likeness (QED) is 0.178. The van der Waals surface area contributed by atoms with Crippen LogP contribution in [0.4, 0.5) is 0 Å². The van der Waals surface area contributed by atoms with Gasteiger partial charge in [0, 0.05) is 29.2 Å². The second kappa shape index (κ2) is 10.5. The number of para-hydroxylation sites is 1. The molecule has 0 radical (unpaired) electrons. The molecule has 6 heteroatoms. The summed E-state index contributed by atoms with van der Waals surface area (Å²) in [6, 6.07) is 34.5. The third kappa shape index (κ3) is 4.96. The molecule has 0 N–H and O–H groups in total. The Bertz CT molecular complexity index is 1850. The van der Waals surface area contributed by atoms with Crippen LogP contribution >= 0.6 is 0 Å². The first kappa shape index (κ1) is 26.3. The predicted molar refractivity (Wildman–Crippen MR) is 149 cm³/mol. The van der Waals surface area contributed by atoms with E-state index in [2.05, 4.69) is 72.8 Å². The van der Waals surface area contributed by atoms with Crippen LogP contribution in [0, 0.1) is 23.5 Å². The molecule has 0 fully saturated rings. The smallest absolute Gasteiger partial charge is 0.502 e. The summed E-state index contributed by atoms with van der Waals surface area (Å²) < 4.78 is 8.36. The number of rotatable bonds is 4. The van der Waals surface area contributed by atoms with E-state index in [1.807, 2.05) is 54.7 Å². The second-order valence-corrected chi connectivity index (χ2v) is 10.1. The summed E-state index contributed by atoms with van der Waals surface area (Å²) in [6.45, 7) is 6.58. The van der Waals surface area contributed by atoms with Crippen LogP contribution in [0.15, 0.2) is 91.3 Å². The average molecular weight is 688 g/mol. The minimum Gasteiger partial charge on any atom is -0.502 e. The molecule has 5 nitrogen and oxygen atoms in total. The molecular formula is C33H24N4OPt. The number of pyridine rings is 2. The first-order valence-corrected chi connectivity index (χ1v) is 12.4. The van der Waals surface area contributed by atoms with Gasteiger partial charge >= 0.3 is 21.1 Å². The van der Waals surface area contributed by atoms with Gasteiger partial charge < -0.3 is 14.3 Å². The summed E-state index contributed by atoms with van der Waals surface area (Å²) in [6.07, 6.45) is 3.58. The Hall–Kier alpha value is -4.26. The summed E-state index contributed by atoms with van der Waals surface area (Å²) >= 11 is 0. The molecule has 0 unspecified atom stereocenters. The van der Waals surface area contributed by atoms with Gasteiger partial charge in [-0.2, -0.15) is 6.07 Å². The predicted octanol–water partition coefficient (Wildman–Crippen LogP) is 7.80. The molecule has 0 spiro atoms. The molecule has 0 aliphatic heterocycles. The van der Waals surface area contributed by atoms with Crippen LogP contribution < -0.4 is 4.74 Å². The van der Waals surface area contributed by atoms with Crippen molar-refractivity contribution in [3.63, 3.8) is 0 Å². The molecule has 3 heterocycles. The Balaban J connectivity index is 0.00000308. The average Bonchev–Trinajstić information content (AvgIpc) is 3.27. The maximum atomic E-state index is 9.72. The maximum absolute atomic E-state index is 9.72. The molecule has 3 aromatic carbocycles. The zero-order chi connectivity index (χ0) is 26.3. The van der Waals surface area contributed by atoms with Crippen molar-refractivity contribution in [2.24, 2.45) is 0 Å². The Labute approximate surface area is 242 Å². The minimum atomic E-state index is -0.0173. The van der Waals surface area contributed by atoms with Gasteiger partial charge in [0.15, 0.2) is 0 Å². The number of benzene rings is 3. The van der Waals surface area contributed by atoms with Crippen LogP contribution in [-0.2, 0) is 26.5 Å². The Kier molecular flexibility index (Phi) is 7.08. The Morgan fingerprint density at radius 2 is 1.67 bits per heavy atom. The van der Waals surface area contributed by atoms with Crippen LogP contribution in [0.25, 0.3) is 38.9 Å². The Morgan fingerprint density at radius 3 is 2.44 bits per heavy atom. The SMILES string of the molecule is CC(C)(C)c1ccnc(-n2c3[c-]c(Oc4[c-]c(-c5ccccn5)ccc4C#N)ccc3c3ccccc32)c1.[Pt+2]. The third-order valence-corrected chi connectivity index (χ3v) is 6.58. The van der Waals surface area contributed by atoms with Gasteiger partial charge in [0.1, 0.15) is 5.82 Å². The largest absolute Gasteiger partial charge is 2.00 e. The van der Waals surface area contributed by atoms with Crippen LogP contribution in [0.5, 0.6) is 11.5 Å². The third-order valence-electron chi connectivity index (χ3n) is 6.58. The van der Waals surface area contributed by atoms with Gasteiger partial charge in [-0.3, -0.25) is 0 Å². The summed E-state index contributed by atoms with van der Waals surface area (Å²) in [5.74, 6) is 1.64. The molecule has 6 rings (SSSR count). The molecule has 0 bridgehead atoms. The molecule has 3 aromatic heterocycles. The van der Waals surface area contributed by atoms with Crippen molar-refractivity contribution in [1.29, 1.82) is 5.26 Å². The molecule has 6 aromatic rings. The van der Waals surface area contributed by atoms with Crippen molar-refractivity contribution in [2.45, 2.75) is 26.2 Å². The van der Waals surface area contributed by atoms with Crippen molar-refractivity contribution < 1.29 is 25.8 Å². The number of fused-ring (bicyclic) bond motifs is 3. The van der Waals surface area contributed by atoms with E-state index in [4.69, 9.17) is 9.72 Å². The fourth-order valence-electron chi connectivity index (χ4n) is 4.60. The van der Waals surface area contributed by atoms with E-state index < -0.39 is 0 Å². The van der Waals surface area contributed by atoms with E-state index >= 15 is 0 Å². The van der Waals surface area contributed by atoms with E-state index in [9.17, 15) is 5.26 Å². The van der Waals surface area contributed by atoms with Crippen molar-refractivity contribution in [2.75, 3.05) is 0 Å². The van der Waals surface area contributed by atoms with Gasteiger partial charge in [0.2, 0.25) is 0 Å². The monoisotopic (exact) mass is 687 g/mol. The van der Waals surface area contributed by atoms with E-state index in [1.54, 1.807) is 12.3 Å². The maximum Gasteiger partial charge on any atom is 2.00 e. The molecule has 0 saturated carbocycles. The fourth-order valence-corrected chi connectivity index (χ4v) is 4.60. The topological polar surface area (TPSA) is 63.7 Å². The Morgan fingerprint density at radius 1 is 0.846 bits per heavy atom. The minimum absolute atomic E-state index is 0. The van der Waals surface area contributed by atoms with Crippen molar-refractivity contribution >= 4 is 21.8 Å². The van der Waals surface area contributed by atoms with Gasteiger partial charge in [0.25, 0.3) is 0 Å². The second-order valence-electron chi connectivity index (χ2n) is 10.1. The number of hydrogen-bond donors (Lipinski definition) is 0. The summed E-state index contributed by atoms with van der Waals surface area (Å²) in [4.78, 5) is 9.13. The van der Waals surface area contributed by atoms with Crippen LogP contribution in [0.1, 0.15) is 31.9 Å². The van der Waals surface area contributed by atoms with Gasteiger partial charge in [-0.15, -0.1) is 35.2 Å². The van der Waals surface area contributed by atoms with Crippen LogP contribution in [0.3, 0.4) is 0 Å².